The molecule has 1 amide bonds. The average molecular weight is 442 g/mol. The van der Waals surface area contributed by atoms with Crippen LogP contribution in [0.15, 0.2) is 71.1 Å². The van der Waals surface area contributed by atoms with Gasteiger partial charge in [0.05, 0.1) is 5.69 Å². The maximum atomic E-state index is 12.7. The number of para-hydroxylation sites is 2. The number of aryl methyl sites for hydroxylation is 2. The Labute approximate surface area is 189 Å². The minimum atomic E-state index is -0.398. The SMILES string of the molecule is Cc1cc2nn(-c3ccccc3)nc2cc1NC(=S)NC(=O)c1oc2ccccc2c1C. The Morgan fingerprint density at radius 2 is 1.66 bits per heavy atom. The summed E-state index contributed by atoms with van der Waals surface area (Å²) in [6.45, 7) is 3.79. The van der Waals surface area contributed by atoms with Gasteiger partial charge in [0.15, 0.2) is 10.9 Å². The Kier molecular flexibility index (Phi) is 4.91. The van der Waals surface area contributed by atoms with Crippen molar-refractivity contribution in [2.24, 2.45) is 0 Å². The zero-order valence-corrected chi connectivity index (χ0v) is 18.2. The topological polar surface area (TPSA) is 85.0 Å². The van der Waals surface area contributed by atoms with Crippen molar-refractivity contribution in [2.75, 3.05) is 5.32 Å². The molecule has 0 bridgehead atoms. The first-order chi connectivity index (χ1) is 15.5. The number of carbonyl (C=O) groups excluding carboxylic acids is 1. The molecule has 0 unspecified atom stereocenters. The first kappa shape index (κ1) is 19.9. The van der Waals surface area contributed by atoms with Crippen LogP contribution in [-0.2, 0) is 0 Å². The van der Waals surface area contributed by atoms with Crippen LogP contribution in [0.4, 0.5) is 5.69 Å². The third-order valence-corrected chi connectivity index (χ3v) is 5.44. The normalized spacial score (nSPS) is 11.1. The van der Waals surface area contributed by atoms with E-state index in [9.17, 15) is 4.79 Å². The summed E-state index contributed by atoms with van der Waals surface area (Å²) in [7, 11) is 0. The lowest BCUT2D eigenvalue weighted by Crippen LogP contribution is -2.34. The number of nitrogens with one attached hydrogen (secondary N) is 2. The lowest BCUT2D eigenvalue weighted by Gasteiger charge is -2.11. The molecule has 0 aliphatic rings. The van der Waals surface area contributed by atoms with E-state index in [0.29, 0.717) is 11.1 Å². The number of nitrogens with zero attached hydrogens (tertiary/aromatic N) is 3. The fourth-order valence-corrected chi connectivity index (χ4v) is 3.79. The average Bonchev–Trinajstić information content (AvgIpc) is 3.35. The van der Waals surface area contributed by atoms with Crippen molar-refractivity contribution < 1.29 is 9.21 Å². The van der Waals surface area contributed by atoms with Gasteiger partial charge in [-0.1, -0.05) is 36.4 Å². The van der Waals surface area contributed by atoms with Crippen LogP contribution in [0.5, 0.6) is 0 Å². The molecule has 0 fully saturated rings. The van der Waals surface area contributed by atoms with E-state index >= 15 is 0 Å². The van der Waals surface area contributed by atoms with E-state index < -0.39 is 5.91 Å². The fraction of sp³-hybridized carbons (Fsp3) is 0.0833. The predicted molar refractivity (Wildman–Crippen MR) is 128 cm³/mol. The van der Waals surface area contributed by atoms with Gasteiger partial charge in [0.1, 0.15) is 16.6 Å². The molecule has 0 spiro atoms. The summed E-state index contributed by atoms with van der Waals surface area (Å²) in [5, 5.41) is 16.0. The highest BCUT2D eigenvalue weighted by Crippen LogP contribution is 2.25. The second-order valence-electron chi connectivity index (χ2n) is 7.44. The van der Waals surface area contributed by atoms with Crippen LogP contribution >= 0.6 is 12.2 Å². The summed E-state index contributed by atoms with van der Waals surface area (Å²) in [4.78, 5) is 14.3. The third kappa shape index (κ3) is 3.61. The first-order valence-corrected chi connectivity index (χ1v) is 10.4. The summed E-state index contributed by atoms with van der Waals surface area (Å²) in [5.41, 5.74) is 5.46. The van der Waals surface area contributed by atoms with Gasteiger partial charge in [-0.05, 0) is 62.0 Å². The van der Waals surface area contributed by atoms with Gasteiger partial charge >= 0.3 is 0 Å². The molecule has 2 aromatic heterocycles. The zero-order valence-electron chi connectivity index (χ0n) is 17.4. The molecular weight excluding hydrogens is 422 g/mol. The van der Waals surface area contributed by atoms with Crippen molar-refractivity contribution in [2.45, 2.75) is 13.8 Å². The lowest BCUT2D eigenvalue weighted by atomic mass is 10.1. The number of carbonyl (C=O) groups is 1. The highest BCUT2D eigenvalue weighted by atomic mass is 32.1. The number of benzene rings is 3. The van der Waals surface area contributed by atoms with Crippen molar-refractivity contribution >= 4 is 50.9 Å². The van der Waals surface area contributed by atoms with Crippen LogP contribution in [0.3, 0.4) is 0 Å². The number of hydrogen-bond donors (Lipinski definition) is 2. The molecule has 0 aliphatic carbocycles. The number of amides is 1. The molecule has 3 aromatic carbocycles. The van der Waals surface area contributed by atoms with E-state index in [4.69, 9.17) is 16.6 Å². The van der Waals surface area contributed by atoms with Gasteiger partial charge in [0.25, 0.3) is 5.91 Å². The summed E-state index contributed by atoms with van der Waals surface area (Å²) < 4.78 is 5.72. The summed E-state index contributed by atoms with van der Waals surface area (Å²) in [5.74, 6) is -0.154. The Hall–Kier alpha value is -4.04. The molecule has 0 saturated carbocycles. The molecule has 0 saturated heterocycles. The third-order valence-electron chi connectivity index (χ3n) is 5.24. The van der Waals surface area contributed by atoms with Crippen molar-refractivity contribution in [3.63, 3.8) is 0 Å². The van der Waals surface area contributed by atoms with E-state index in [1.807, 2.05) is 80.6 Å². The molecule has 5 rings (SSSR count). The number of anilines is 1. The van der Waals surface area contributed by atoms with Gasteiger partial charge in [-0.3, -0.25) is 10.1 Å². The molecular formula is C24H19N5O2S. The lowest BCUT2D eigenvalue weighted by molar-refractivity contribution is 0.0952. The molecule has 0 atom stereocenters. The smallest absolute Gasteiger partial charge is 0.293 e. The van der Waals surface area contributed by atoms with Crippen LogP contribution in [0, 0.1) is 13.8 Å². The minimum Gasteiger partial charge on any atom is -0.451 e. The maximum absolute atomic E-state index is 12.7. The second kappa shape index (κ2) is 7.90. The van der Waals surface area contributed by atoms with E-state index in [-0.39, 0.29) is 10.9 Å². The Morgan fingerprint density at radius 3 is 2.41 bits per heavy atom. The maximum Gasteiger partial charge on any atom is 0.293 e. The van der Waals surface area contributed by atoms with Crippen molar-refractivity contribution in [3.05, 3.63) is 83.6 Å². The number of thiocarbonyl (C=S) groups is 1. The van der Waals surface area contributed by atoms with Crippen molar-refractivity contribution in [3.8, 4) is 5.69 Å². The number of rotatable bonds is 3. The fourth-order valence-electron chi connectivity index (χ4n) is 3.58. The number of furan rings is 1. The van der Waals surface area contributed by atoms with Crippen molar-refractivity contribution in [1.82, 2.24) is 20.3 Å². The van der Waals surface area contributed by atoms with Crippen LogP contribution in [0.25, 0.3) is 27.7 Å². The largest absolute Gasteiger partial charge is 0.451 e. The number of aromatic nitrogens is 3. The molecule has 32 heavy (non-hydrogen) atoms. The van der Waals surface area contributed by atoms with E-state index in [1.165, 1.54) is 0 Å². The highest BCUT2D eigenvalue weighted by Gasteiger charge is 2.19. The van der Waals surface area contributed by atoms with Gasteiger partial charge in [0, 0.05) is 16.6 Å². The monoisotopic (exact) mass is 441 g/mol. The first-order valence-electron chi connectivity index (χ1n) is 10.0. The summed E-state index contributed by atoms with van der Waals surface area (Å²) in [6.07, 6.45) is 0. The van der Waals surface area contributed by atoms with E-state index in [0.717, 1.165) is 33.4 Å². The van der Waals surface area contributed by atoms with Crippen molar-refractivity contribution in [1.29, 1.82) is 0 Å². The Balaban J connectivity index is 1.36. The molecule has 158 valence electrons. The van der Waals surface area contributed by atoms with Gasteiger partial charge in [0.2, 0.25) is 0 Å². The molecule has 0 radical (unpaired) electrons. The zero-order chi connectivity index (χ0) is 22.2. The molecule has 5 aromatic rings. The predicted octanol–water partition coefficient (Wildman–Crippen LogP) is 4.91. The van der Waals surface area contributed by atoms with Crippen LogP contribution < -0.4 is 10.6 Å². The van der Waals surface area contributed by atoms with Crippen LogP contribution in [0.2, 0.25) is 0 Å². The summed E-state index contributed by atoms with van der Waals surface area (Å²) in [6, 6.07) is 21.0. The quantitative estimate of drug-likeness (QED) is 0.387. The second-order valence-corrected chi connectivity index (χ2v) is 7.85. The van der Waals surface area contributed by atoms with Gasteiger partial charge in [-0.15, -0.1) is 10.2 Å². The number of hydrogen-bond acceptors (Lipinski definition) is 5. The van der Waals surface area contributed by atoms with Crippen LogP contribution in [0.1, 0.15) is 21.7 Å². The molecule has 8 heteroatoms. The standard InChI is InChI=1S/C24H19N5O2S/c1-14-12-19-20(28-29(27-19)16-8-4-3-5-9-16)13-18(14)25-24(32)26-23(30)22-15(2)17-10-6-7-11-21(17)31-22/h3-13H,1-2H3,(H2,25,26,30,32). The number of fused-ring (bicyclic) bond motifs is 2. The van der Waals surface area contributed by atoms with Gasteiger partial charge in [-0.25, -0.2) is 0 Å². The highest BCUT2D eigenvalue weighted by molar-refractivity contribution is 7.80. The Morgan fingerprint density at radius 1 is 0.969 bits per heavy atom. The molecule has 2 N–H and O–H groups in total. The van der Waals surface area contributed by atoms with Gasteiger partial charge < -0.3 is 9.73 Å². The van der Waals surface area contributed by atoms with E-state index in [1.54, 1.807) is 4.80 Å². The molecule has 2 heterocycles. The van der Waals surface area contributed by atoms with Gasteiger partial charge in [-0.2, -0.15) is 4.80 Å². The molecule has 7 nitrogen and oxygen atoms in total. The van der Waals surface area contributed by atoms with E-state index in [2.05, 4.69) is 20.8 Å². The Bertz CT molecular complexity index is 1490. The van der Waals surface area contributed by atoms with Crippen LogP contribution in [-0.4, -0.2) is 26.0 Å². The summed E-state index contributed by atoms with van der Waals surface area (Å²) >= 11 is 5.37. The molecule has 0 aliphatic heterocycles. The minimum absolute atomic E-state index is 0.174.